The van der Waals surface area contributed by atoms with Crippen molar-refractivity contribution in [3.05, 3.63) is 41.4 Å². The van der Waals surface area contributed by atoms with Crippen molar-refractivity contribution < 1.29 is 14.7 Å². The second-order valence-corrected chi connectivity index (χ2v) is 5.21. The number of carbonyl (C=O) groups excluding carboxylic acids is 1. The monoisotopic (exact) mass is 305 g/mol. The second kappa shape index (κ2) is 6.85. The highest BCUT2D eigenvalue weighted by Crippen LogP contribution is 2.18. The topological polar surface area (TPSA) is 82.5 Å². The number of para-hydroxylation sites is 1. The second-order valence-electron chi connectivity index (χ2n) is 4.36. The first-order valence-corrected chi connectivity index (χ1v) is 7.21. The Hall–Kier alpha value is -2.41. The third kappa shape index (κ3) is 4.28. The van der Waals surface area contributed by atoms with Crippen molar-refractivity contribution in [1.82, 2.24) is 4.98 Å². The zero-order chi connectivity index (χ0) is 15.2. The van der Waals surface area contributed by atoms with Crippen LogP contribution in [0.15, 0.2) is 35.7 Å². The lowest BCUT2D eigenvalue weighted by Crippen LogP contribution is -2.36. The Morgan fingerprint density at radius 2 is 2.05 bits per heavy atom. The summed E-state index contributed by atoms with van der Waals surface area (Å²) < 4.78 is 0. The quantitative estimate of drug-likeness (QED) is 0.889. The molecule has 0 saturated heterocycles. The lowest BCUT2D eigenvalue weighted by atomic mass is 10.3. The molecule has 6 nitrogen and oxygen atoms in total. The highest BCUT2D eigenvalue weighted by Gasteiger charge is 2.17. The van der Waals surface area contributed by atoms with Crippen molar-refractivity contribution in [2.45, 2.75) is 13.3 Å². The molecular weight excluding hydrogens is 290 g/mol. The maximum atomic E-state index is 12.3. The van der Waals surface area contributed by atoms with E-state index in [4.69, 9.17) is 5.11 Å². The molecule has 0 atom stereocenters. The molecule has 0 aliphatic carbocycles. The van der Waals surface area contributed by atoms with Crippen LogP contribution >= 0.6 is 11.3 Å². The number of nitrogens with one attached hydrogen (secondary N) is 1. The van der Waals surface area contributed by atoms with Crippen molar-refractivity contribution in [2.75, 3.05) is 16.8 Å². The number of anilines is 2. The molecule has 1 heterocycles. The average Bonchev–Trinajstić information content (AvgIpc) is 2.85. The first-order valence-electron chi connectivity index (χ1n) is 6.34. The summed E-state index contributed by atoms with van der Waals surface area (Å²) in [5, 5.41) is 13.8. The number of hydrogen-bond donors (Lipinski definition) is 2. The normalized spacial score (nSPS) is 10.1. The molecule has 0 spiro atoms. The van der Waals surface area contributed by atoms with Crippen molar-refractivity contribution in [1.29, 1.82) is 0 Å². The lowest BCUT2D eigenvalue weighted by Gasteiger charge is -2.21. The van der Waals surface area contributed by atoms with E-state index < -0.39 is 12.0 Å². The molecular formula is C14H15N3O3S. The molecule has 0 saturated carbocycles. The van der Waals surface area contributed by atoms with Crippen LogP contribution < -0.4 is 10.2 Å². The van der Waals surface area contributed by atoms with E-state index in [9.17, 15) is 9.59 Å². The van der Waals surface area contributed by atoms with Crippen LogP contribution in [-0.2, 0) is 4.79 Å². The van der Waals surface area contributed by atoms with Gasteiger partial charge in [-0.3, -0.25) is 15.0 Å². The molecule has 0 bridgehead atoms. The minimum atomic E-state index is -0.950. The van der Waals surface area contributed by atoms with Crippen LogP contribution in [0.25, 0.3) is 0 Å². The van der Waals surface area contributed by atoms with Gasteiger partial charge in [0.25, 0.3) is 0 Å². The van der Waals surface area contributed by atoms with E-state index in [0.29, 0.717) is 10.8 Å². The number of thiazole rings is 1. The summed E-state index contributed by atoms with van der Waals surface area (Å²) in [5.74, 6) is -0.950. The number of aryl methyl sites for hydroxylation is 1. The van der Waals surface area contributed by atoms with Crippen LogP contribution in [0.5, 0.6) is 0 Å². The minimum Gasteiger partial charge on any atom is -0.481 e. The summed E-state index contributed by atoms with van der Waals surface area (Å²) in [6, 6.07) is 8.55. The molecule has 110 valence electrons. The summed E-state index contributed by atoms with van der Waals surface area (Å²) >= 11 is 1.33. The van der Waals surface area contributed by atoms with Gasteiger partial charge in [0.2, 0.25) is 0 Å². The maximum absolute atomic E-state index is 12.3. The highest BCUT2D eigenvalue weighted by molar-refractivity contribution is 7.13. The molecule has 0 radical (unpaired) electrons. The van der Waals surface area contributed by atoms with Crippen molar-refractivity contribution in [3.63, 3.8) is 0 Å². The molecule has 0 unspecified atom stereocenters. The summed E-state index contributed by atoms with van der Waals surface area (Å²) in [7, 11) is 0. The number of carboxylic acid groups (broad SMARTS) is 1. The maximum Gasteiger partial charge on any atom is 0.328 e. The molecule has 2 rings (SSSR count). The van der Waals surface area contributed by atoms with Gasteiger partial charge in [-0.25, -0.2) is 9.78 Å². The van der Waals surface area contributed by atoms with E-state index in [1.54, 1.807) is 24.3 Å². The van der Waals surface area contributed by atoms with Gasteiger partial charge in [-0.05, 0) is 19.1 Å². The number of benzene rings is 1. The fraction of sp³-hybridized carbons (Fsp3) is 0.214. The van der Waals surface area contributed by atoms with E-state index in [1.165, 1.54) is 16.2 Å². The summed E-state index contributed by atoms with van der Waals surface area (Å²) in [6.45, 7) is 1.93. The van der Waals surface area contributed by atoms with Crippen molar-refractivity contribution in [3.8, 4) is 0 Å². The van der Waals surface area contributed by atoms with Gasteiger partial charge in [-0.15, -0.1) is 11.3 Å². The zero-order valence-electron chi connectivity index (χ0n) is 11.4. The fourth-order valence-electron chi connectivity index (χ4n) is 1.73. The third-order valence-corrected chi connectivity index (χ3v) is 3.57. The van der Waals surface area contributed by atoms with Gasteiger partial charge < -0.3 is 5.11 Å². The summed E-state index contributed by atoms with van der Waals surface area (Å²) in [5.41, 5.74) is 1.47. The largest absolute Gasteiger partial charge is 0.481 e. The number of carbonyl (C=O) groups is 2. The van der Waals surface area contributed by atoms with Gasteiger partial charge in [0, 0.05) is 17.6 Å². The standard InChI is InChI=1S/C14H15N3O3S/c1-10-9-21-13(15-10)16-14(20)17(8-7-12(18)19)11-5-3-2-4-6-11/h2-6,9H,7-8H2,1H3,(H,18,19)(H,15,16,20). The van der Waals surface area contributed by atoms with Crippen LogP contribution in [-0.4, -0.2) is 28.6 Å². The van der Waals surface area contributed by atoms with Crippen molar-refractivity contribution >= 4 is 34.2 Å². The molecule has 1 aromatic heterocycles. The predicted octanol–water partition coefficient (Wildman–Crippen LogP) is 2.96. The van der Waals surface area contributed by atoms with Crippen LogP contribution in [0.4, 0.5) is 15.6 Å². The molecule has 0 aliphatic heterocycles. The third-order valence-electron chi connectivity index (χ3n) is 2.70. The summed E-state index contributed by atoms with van der Waals surface area (Å²) in [6.07, 6.45) is -0.126. The molecule has 2 N–H and O–H groups in total. The smallest absolute Gasteiger partial charge is 0.328 e. The van der Waals surface area contributed by atoms with Crippen LogP contribution in [0.3, 0.4) is 0 Å². The Balaban J connectivity index is 2.14. The number of urea groups is 1. The van der Waals surface area contributed by atoms with E-state index in [-0.39, 0.29) is 13.0 Å². The Kier molecular flexibility index (Phi) is 4.89. The number of aromatic nitrogens is 1. The van der Waals surface area contributed by atoms with Crippen LogP contribution in [0, 0.1) is 6.92 Å². The van der Waals surface area contributed by atoms with Gasteiger partial charge in [0.1, 0.15) is 0 Å². The van der Waals surface area contributed by atoms with Gasteiger partial charge in [-0.1, -0.05) is 18.2 Å². The predicted molar refractivity (Wildman–Crippen MR) is 81.9 cm³/mol. The Labute approximate surface area is 126 Å². The number of carboxylic acids is 1. The molecule has 1 aromatic carbocycles. The van der Waals surface area contributed by atoms with Gasteiger partial charge in [-0.2, -0.15) is 0 Å². The number of amides is 2. The number of hydrogen-bond acceptors (Lipinski definition) is 4. The first kappa shape index (κ1) is 15.0. The van der Waals surface area contributed by atoms with Gasteiger partial charge in [0.05, 0.1) is 12.1 Å². The van der Waals surface area contributed by atoms with E-state index >= 15 is 0 Å². The van der Waals surface area contributed by atoms with Crippen molar-refractivity contribution in [2.24, 2.45) is 0 Å². The molecule has 0 aliphatic rings. The van der Waals surface area contributed by atoms with E-state index in [0.717, 1.165) is 5.69 Å². The number of nitrogens with zero attached hydrogens (tertiary/aromatic N) is 2. The molecule has 2 aromatic rings. The highest BCUT2D eigenvalue weighted by atomic mass is 32.1. The molecule has 7 heteroatoms. The van der Waals surface area contributed by atoms with Crippen LogP contribution in [0.2, 0.25) is 0 Å². The Morgan fingerprint density at radius 1 is 1.33 bits per heavy atom. The average molecular weight is 305 g/mol. The van der Waals surface area contributed by atoms with Gasteiger partial charge >= 0.3 is 12.0 Å². The molecule has 21 heavy (non-hydrogen) atoms. The van der Waals surface area contributed by atoms with Gasteiger partial charge in [0.15, 0.2) is 5.13 Å². The fourth-order valence-corrected chi connectivity index (χ4v) is 2.41. The molecule has 2 amide bonds. The Morgan fingerprint density at radius 3 is 2.62 bits per heavy atom. The SMILES string of the molecule is Cc1csc(NC(=O)N(CCC(=O)O)c2ccccc2)n1. The summed E-state index contributed by atoms with van der Waals surface area (Å²) in [4.78, 5) is 28.6. The number of aliphatic carboxylic acids is 1. The first-order chi connectivity index (χ1) is 10.1. The van der Waals surface area contributed by atoms with E-state index in [1.807, 2.05) is 18.4 Å². The lowest BCUT2D eigenvalue weighted by molar-refractivity contribution is -0.136. The Bertz CT molecular complexity index is 627. The minimum absolute atomic E-state index is 0.0928. The number of rotatable bonds is 5. The van der Waals surface area contributed by atoms with Crippen LogP contribution in [0.1, 0.15) is 12.1 Å². The molecule has 0 fully saturated rings. The van der Waals surface area contributed by atoms with E-state index in [2.05, 4.69) is 10.3 Å². The zero-order valence-corrected chi connectivity index (χ0v) is 12.3.